The molecule has 0 aliphatic rings. The lowest BCUT2D eigenvalue weighted by Crippen LogP contribution is -2.44. The largest absolute Gasteiger partial charge is 0.468 e. The van der Waals surface area contributed by atoms with Crippen molar-refractivity contribution in [2.45, 2.75) is 13.0 Å². The first kappa shape index (κ1) is 12.5. The summed E-state index contributed by atoms with van der Waals surface area (Å²) in [4.78, 5) is 21.9. The van der Waals surface area contributed by atoms with E-state index in [2.05, 4.69) is 21.3 Å². The standard InChI is InChI=1S/C9H14N2O3/c1-4-5-10-9(13)7(2)11-6-8(12)14-3/h1,7,11H,5-6H2,2-3H3,(H,10,13). The fourth-order valence-electron chi connectivity index (χ4n) is 0.693. The minimum absolute atomic E-state index is 0.00113. The first-order valence-electron chi connectivity index (χ1n) is 4.13. The van der Waals surface area contributed by atoms with E-state index in [1.54, 1.807) is 6.92 Å². The van der Waals surface area contributed by atoms with Gasteiger partial charge in [-0.1, -0.05) is 5.92 Å². The summed E-state index contributed by atoms with van der Waals surface area (Å²) in [5, 5.41) is 5.17. The average molecular weight is 198 g/mol. The van der Waals surface area contributed by atoms with Crippen LogP contribution in [0.25, 0.3) is 0 Å². The number of carbonyl (C=O) groups is 2. The van der Waals surface area contributed by atoms with Gasteiger partial charge in [-0.25, -0.2) is 0 Å². The summed E-state index contributed by atoms with van der Waals surface area (Å²) in [6.07, 6.45) is 4.96. The van der Waals surface area contributed by atoms with Gasteiger partial charge in [0.25, 0.3) is 0 Å². The Morgan fingerprint density at radius 1 is 1.57 bits per heavy atom. The number of carbonyl (C=O) groups excluding carboxylic acids is 2. The van der Waals surface area contributed by atoms with E-state index >= 15 is 0 Å². The molecule has 0 radical (unpaired) electrons. The van der Waals surface area contributed by atoms with Crippen LogP contribution in [0.5, 0.6) is 0 Å². The predicted octanol–water partition coefficient (Wildman–Crippen LogP) is -1.11. The van der Waals surface area contributed by atoms with Gasteiger partial charge in [-0.3, -0.25) is 14.9 Å². The second kappa shape index (κ2) is 6.92. The van der Waals surface area contributed by atoms with Crippen molar-refractivity contribution in [1.29, 1.82) is 0 Å². The fourth-order valence-corrected chi connectivity index (χ4v) is 0.693. The van der Waals surface area contributed by atoms with Crippen LogP contribution >= 0.6 is 0 Å². The Morgan fingerprint density at radius 2 is 2.21 bits per heavy atom. The van der Waals surface area contributed by atoms with Crippen LogP contribution in [-0.2, 0) is 14.3 Å². The molecule has 0 fully saturated rings. The summed E-state index contributed by atoms with van der Waals surface area (Å²) in [5.41, 5.74) is 0. The second-order valence-corrected chi connectivity index (χ2v) is 2.60. The minimum atomic E-state index is -0.470. The smallest absolute Gasteiger partial charge is 0.319 e. The number of ether oxygens (including phenoxy) is 1. The molecule has 0 aliphatic heterocycles. The molecular formula is C9H14N2O3. The number of amides is 1. The van der Waals surface area contributed by atoms with E-state index < -0.39 is 12.0 Å². The molecule has 0 saturated heterocycles. The van der Waals surface area contributed by atoms with E-state index in [9.17, 15) is 9.59 Å². The average Bonchev–Trinajstić information content (AvgIpc) is 2.21. The van der Waals surface area contributed by atoms with Crippen molar-refractivity contribution < 1.29 is 14.3 Å². The lowest BCUT2D eigenvalue weighted by Gasteiger charge is -2.11. The molecule has 0 bridgehead atoms. The Hall–Kier alpha value is -1.54. The number of terminal acetylenes is 1. The first-order chi connectivity index (χ1) is 6.61. The van der Waals surface area contributed by atoms with E-state index in [4.69, 9.17) is 6.42 Å². The number of rotatable bonds is 5. The maximum absolute atomic E-state index is 11.2. The normalized spacial score (nSPS) is 11.2. The third-order valence-electron chi connectivity index (χ3n) is 1.54. The summed E-state index contributed by atoms with van der Waals surface area (Å²) in [5.74, 6) is 1.62. The SMILES string of the molecule is C#CCNC(=O)C(C)NCC(=O)OC. The van der Waals surface area contributed by atoms with Crippen LogP contribution in [0, 0.1) is 12.3 Å². The zero-order chi connectivity index (χ0) is 11.0. The molecule has 0 saturated carbocycles. The maximum Gasteiger partial charge on any atom is 0.319 e. The van der Waals surface area contributed by atoms with Crippen LogP contribution in [-0.4, -0.2) is 38.1 Å². The Morgan fingerprint density at radius 3 is 2.71 bits per heavy atom. The summed E-state index contributed by atoms with van der Waals surface area (Å²) in [6, 6.07) is -0.470. The summed E-state index contributed by atoms with van der Waals surface area (Å²) in [6.45, 7) is 1.82. The van der Waals surface area contributed by atoms with Gasteiger partial charge in [-0.2, -0.15) is 0 Å². The molecule has 78 valence electrons. The molecular weight excluding hydrogens is 184 g/mol. The molecule has 0 aliphatic carbocycles. The Kier molecular flexibility index (Phi) is 6.16. The highest BCUT2D eigenvalue weighted by molar-refractivity contribution is 5.82. The van der Waals surface area contributed by atoms with Gasteiger partial charge < -0.3 is 10.1 Å². The van der Waals surface area contributed by atoms with Gasteiger partial charge in [0.2, 0.25) is 5.91 Å². The van der Waals surface area contributed by atoms with E-state index in [0.29, 0.717) is 0 Å². The molecule has 0 rings (SSSR count). The third-order valence-corrected chi connectivity index (χ3v) is 1.54. The zero-order valence-corrected chi connectivity index (χ0v) is 8.29. The summed E-state index contributed by atoms with van der Waals surface area (Å²) < 4.78 is 4.40. The van der Waals surface area contributed by atoms with Crippen molar-refractivity contribution in [3.63, 3.8) is 0 Å². The van der Waals surface area contributed by atoms with Gasteiger partial charge in [-0.05, 0) is 6.92 Å². The predicted molar refractivity (Wildman–Crippen MR) is 51.3 cm³/mol. The van der Waals surface area contributed by atoms with Crippen molar-refractivity contribution in [1.82, 2.24) is 10.6 Å². The lowest BCUT2D eigenvalue weighted by molar-refractivity contribution is -0.139. The molecule has 0 aromatic rings. The van der Waals surface area contributed by atoms with Crippen molar-refractivity contribution in [3.05, 3.63) is 0 Å². The second-order valence-electron chi connectivity index (χ2n) is 2.60. The molecule has 0 aromatic heterocycles. The molecule has 2 N–H and O–H groups in total. The molecule has 1 atom stereocenters. The minimum Gasteiger partial charge on any atom is -0.468 e. The molecule has 5 heteroatoms. The number of hydrogen-bond donors (Lipinski definition) is 2. The van der Waals surface area contributed by atoms with Crippen LogP contribution in [0.2, 0.25) is 0 Å². The number of esters is 1. The van der Waals surface area contributed by atoms with Gasteiger partial charge in [0.05, 0.1) is 26.2 Å². The van der Waals surface area contributed by atoms with Gasteiger partial charge in [0, 0.05) is 0 Å². The van der Waals surface area contributed by atoms with E-state index in [1.165, 1.54) is 7.11 Å². The first-order valence-corrected chi connectivity index (χ1v) is 4.13. The zero-order valence-electron chi connectivity index (χ0n) is 8.29. The lowest BCUT2D eigenvalue weighted by atomic mass is 10.3. The highest BCUT2D eigenvalue weighted by Crippen LogP contribution is 1.81. The third kappa shape index (κ3) is 5.17. The van der Waals surface area contributed by atoms with E-state index in [-0.39, 0.29) is 19.0 Å². The van der Waals surface area contributed by atoms with Crippen molar-refractivity contribution >= 4 is 11.9 Å². The monoisotopic (exact) mass is 198 g/mol. The summed E-state index contributed by atoms with van der Waals surface area (Å²) >= 11 is 0. The molecule has 14 heavy (non-hydrogen) atoms. The molecule has 5 nitrogen and oxygen atoms in total. The van der Waals surface area contributed by atoms with Crippen LogP contribution in [0.1, 0.15) is 6.92 Å². The Balaban J connectivity index is 3.73. The Bertz CT molecular complexity index is 245. The van der Waals surface area contributed by atoms with Crippen LogP contribution < -0.4 is 10.6 Å². The molecule has 0 heterocycles. The molecule has 1 amide bonds. The molecule has 0 spiro atoms. The number of nitrogens with one attached hydrogen (secondary N) is 2. The van der Waals surface area contributed by atoms with Gasteiger partial charge >= 0.3 is 5.97 Å². The van der Waals surface area contributed by atoms with Crippen LogP contribution in [0.4, 0.5) is 0 Å². The highest BCUT2D eigenvalue weighted by Gasteiger charge is 2.12. The van der Waals surface area contributed by atoms with E-state index in [0.717, 1.165) is 0 Å². The quantitative estimate of drug-likeness (QED) is 0.434. The summed E-state index contributed by atoms with van der Waals surface area (Å²) in [7, 11) is 1.28. The van der Waals surface area contributed by atoms with Crippen molar-refractivity contribution in [3.8, 4) is 12.3 Å². The number of hydrogen-bond acceptors (Lipinski definition) is 4. The molecule has 0 aromatic carbocycles. The highest BCUT2D eigenvalue weighted by atomic mass is 16.5. The van der Waals surface area contributed by atoms with Gasteiger partial charge in [-0.15, -0.1) is 6.42 Å². The van der Waals surface area contributed by atoms with Gasteiger partial charge in [0.15, 0.2) is 0 Å². The topological polar surface area (TPSA) is 67.4 Å². The Labute approximate surface area is 83.2 Å². The van der Waals surface area contributed by atoms with Crippen LogP contribution in [0.3, 0.4) is 0 Å². The van der Waals surface area contributed by atoms with Crippen molar-refractivity contribution in [2.75, 3.05) is 20.2 Å². The fraction of sp³-hybridized carbons (Fsp3) is 0.556. The van der Waals surface area contributed by atoms with E-state index in [1.807, 2.05) is 0 Å². The van der Waals surface area contributed by atoms with Crippen molar-refractivity contribution in [2.24, 2.45) is 0 Å². The molecule has 1 unspecified atom stereocenters. The number of methoxy groups -OCH3 is 1. The maximum atomic E-state index is 11.2. The van der Waals surface area contributed by atoms with Gasteiger partial charge in [0.1, 0.15) is 0 Å². The van der Waals surface area contributed by atoms with Crippen LogP contribution in [0.15, 0.2) is 0 Å².